The molecule has 1 aliphatic carbocycles. The summed E-state index contributed by atoms with van der Waals surface area (Å²) in [5.41, 5.74) is 1.79. The number of methoxy groups -OCH3 is 1. The molecule has 0 atom stereocenters. The first-order chi connectivity index (χ1) is 12.2. The molecule has 132 valence electrons. The number of tetrazole rings is 1. The minimum Gasteiger partial charge on any atom is -0.466 e. The monoisotopic (exact) mass is 361 g/mol. The van der Waals surface area contributed by atoms with Crippen molar-refractivity contribution in [1.82, 2.24) is 25.5 Å². The van der Waals surface area contributed by atoms with Gasteiger partial charge in [0.05, 0.1) is 12.7 Å². The van der Waals surface area contributed by atoms with Gasteiger partial charge in [-0.25, -0.2) is 4.79 Å². The second-order valence-corrected chi connectivity index (χ2v) is 6.70. The van der Waals surface area contributed by atoms with Crippen LogP contribution in [0.15, 0.2) is 18.5 Å². The Bertz CT molecular complexity index is 782. The molecule has 0 saturated carbocycles. The summed E-state index contributed by atoms with van der Waals surface area (Å²) in [4.78, 5) is 25.0. The molecule has 2 aromatic heterocycles. The highest BCUT2D eigenvalue weighted by Crippen LogP contribution is 2.36. The van der Waals surface area contributed by atoms with Gasteiger partial charge in [-0.05, 0) is 48.1 Å². The maximum Gasteiger partial charge on any atom is 0.330 e. The van der Waals surface area contributed by atoms with Crippen molar-refractivity contribution in [3.05, 3.63) is 34.5 Å². The summed E-state index contributed by atoms with van der Waals surface area (Å²) in [7, 11) is 1.33. The predicted molar refractivity (Wildman–Crippen MR) is 91.8 cm³/mol. The highest BCUT2D eigenvalue weighted by molar-refractivity contribution is 7.15. The number of aromatic nitrogens is 4. The molecule has 1 N–H and O–H groups in total. The van der Waals surface area contributed by atoms with Crippen LogP contribution in [0.1, 0.15) is 40.1 Å². The van der Waals surface area contributed by atoms with Crippen LogP contribution in [0.5, 0.6) is 0 Å². The molecule has 0 aromatic carbocycles. The van der Waals surface area contributed by atoms with Crippen LogP contribution >= 0.6 is 11.3 Å². The summed E-state index contributed by atoms with van der Waals surface area (Å²) in [6.07, 6.45) is 9.20. The number of carbonyl (C=O) groups excluding carboxylic acids is 2. The van der Waals surface area contributed by atoms with Crippen LogP contribution < -0.4 is 5.32 Å². The predicted octanol–water partition coefficient (Wildman–Crippen LogP) is 1.45. The van der Waals surface area contributed by atoms with Crippen molar-refractivity contribution >= 4 is 23.2 Å². The minimum atomic E-state index is -0.404. The third kappa shape index (κ3) is 3.93. The Labute approximate surface area is 148 Å². The number of nitrogens with zero attached hydrogens (tertiary/aromatic N) is 4. The second kappa shape index (κ2) is 8.02. The van der Waals surface area contributed by atoms with E-state index in [2.05, 4.69) is 25.6 Å². The molecule has 8 nitrogen and oxygen atoms in total. The molecule has 1 aliphatic rings. The maximum atomic E-state index is 12.7. The van der Waals surface area contributed by atoms with Gasteiger partial charge in [-0.3, -0.25) is 4.79 Å². The van der Waals surface area contributed by atoms with Gasteiger partial charge >= 0.3 is 5.97 Å². The Morgan fingerprint density at radius 3 is 3.00 bits per heavy atom. The number of rotatable bonds is 6. The van der Waals surface area contributed by atoms with E-state index in [0.29, 0.717) is 18.5 Å². The number of nitrogens with one attached hydrogen (secondary N) is 1. The normalized spacial score (nSPS) is 13.6. The van der Waals surface area contributed by atoms with Crippen molar-refractivity contribution in [3.8, 4) is 5.00 Å². The number of carbonyl (C=O) groups is 2. The van der Waals surface area contributed by atoms with E-state index in [-0.39, 0.29) is 5.91 Å². The molecule has 0 radical (unpaired) electrons. The Morgan fingerprint density at radius 2 is 2.24 bits per heavy atom. The third-order valence-electron chi connectivity index (χ3n) is 3.99. The van der Waals surface area contributed by atoms with Gasteiger partial charge in [0, 0.05) is 17.5 Å². The first-order valence-corrected chi connectivity index (χ1v) is 8.93. The molecule has 25 heavy (non-hydrogen) atoms. The minimum absolute atomic E-state index is 0.128. The quantitative estimate of drug-likeness (QED) is 0.475. The van der Waals surface area contributed by atoms with E-state index in [9.17, 15) is 9.59 Å². The van der Waals surface area contributed by atoms with Gasteiger partial charge in [0.25, 0.3) is 5.91 Å². The molecule has 9 heteroatoms. The lowest BCUT2D eigenvalue weighted by Crippen LogP contribution is -2.26. The highest BCUT2D eigenvalue weighted by atomic mass is 32.1. The molecule has 2 aromatic rings. The lowest BCUT2D eigenvalue weighted by molar-refractivity contribution is -0.134. The number of thiophene rings is 1. The lowest BCUT2D eigenvalue weighted by atomic mass is 9.95. The third-order valence-corrected chi connectivity index (χ3v) is 5.27. The number of esters is 1. The van der Waals surface area contributed by atoms with Gasteiger partial charge < -0.3 is 10.1 Å². The molecule has 0 unspecified atom stereocenters. The standard InChI is InChI=1S/C16H19N5O3S/c1-24-13(22)8-4-5-9-17-15(23)14-11-6-2-3-7-12(11)25-16(14)21-10-18-19-20-21/h4,8,10H,2-3,5-7,9H2,1H3,(H,17,23)/b8-4+. The average Bonchev–Trinajstić information content (AvgIpc) is 3.28. The zero-order valence-electron chi connectivity index (χ0n) is 13.9. The number of ether oxygens (including phenoxy) is 1. The van der Waals surface area contributed by atoms with E-state index >= 15 is 0 Å². The van der Waals surface area contributed by atoms with Crippen LogP contribution in [-0.4, -0.2) is 45.7 Å². The van der Waals surface area contributed by atoms with E-state index in [0.717, 1.165) is 36.2 Å². The van der Waals surface area contributed by atoms with Crippen molar-refractivity contribution in [1.29, 1.82) is 0 Å². The van der Waals surface area contributed by atoms with Gasteiger partial charge in [-0.2, -0.15) is 4.68 Å². The van der Waals surface area contributed by atoms with Gasteiger partial charge in [-0.1, -0.05) is 6.08 Å². The Kier molecular flexibility index (Phi) is 5.54. The maximum absolute atomic E-state index is 12.7. The molecule has 0 bridgehead atoms. The Morgan fingerprint density at radius 1 is 1.40 bits per heavy atom. The van der Waals surface area contributed by atoms with Crippen molar-refractivity contribution in [2.75, 3.05) is 13.7 Å². The van der Waals surface area contributed by atoms with E-state index < -0.39 is 5.97 Å². The molecular formula is C16H19N5O3S. The van der Waals surface area contributed by atoms with Gasteiger partial charge in [0.1, 0.15) is 11.3 Å². The average molecular weight is 361 g/mol. The van der Waals surface area contributed by atoms with Crippen molar-refractivity contribution < 1.29 is 14.3 Å². The smallest absolute Gasteiger partial charge is 0.330 e. The summed E-state index contributed by atoms with van der Waals surface area (Å²) in [6, 6.07) is 0. The topological polar surface area (TPSA) is 99.0 Å². The zero-order chi connectivity index (χ0) is 17.6. The number of hydrogen-bond donors (Lipinski definition) is 1. The van der Waals surface area contributed by atoms with Crippen molar-refractivity contribution in [2.24, 2.45) is 0 Å². The van der Waals surface area contributed by atoms with Crippen LogP contribution in [0.4, 0.5) is 0 Å². The van der Waals surface area contributed by atoms with Crippen LogP contribution in [0.2, 0.25) is 0 Å². The fourth-order valence-electron chi connectivity index (χ4n) is 2.81. The van der Waals surface area contributed by atoms with Crippen LogP contribution in [0.25, 0.3) is 5.00 Å². The largest absolute Gasteiger partial charge is 0.466 e. The summed E-state index contributed by atoms with van der Waals surface area (Å²) >= 11 is 1.58. The van der Waals surface area contributed by atoms with Gasteiger partial charge in [-0.15, -0.1) is 16.4 Å². The van der Waals surface area contributed by atoms with Crippen LogP contribution in [0.3, 0.4) is 0 Å². The first-order valence-electron chi connectivity index (χ1n) is 8.11. The molecule has 0 saturated heterocycles. The fourth-order valence-corrected chi connectivity index (χ4v) is 4.11. The Hall–Kier alpha value is -2.55. The molecule has 0 fully saturated rings. The second-order valence-electron chi connectivity index (χ2n) is 5.62. The highest BCUT2D eigenvalue weighted by Gasteiger charge is 2.26. The van der Waals surface area contributed by atoms with Crippen LogP contribution in [-0.2, 0) is 22.4 Å². The molecule has 2 heterocycles. The van der Waals surface area contributed by atoms with E-state index in [1.54, 1.807) is 22.1 Å². The van der Waals surface area contributed by atoms with Crippen molar-refractivity contribution in [3.63, 3.8) is 0 Å². The van der Waals surface area contributed by atoms with Gasteiger partial charge in [0.2, 0.25) is 0 Å². The van der Waals surface area contributed by atoms with E-state index in [4.69, 9.17) is 0 Å². The summed E-state index contributed by atoms with van der Waals surface area (Å²) in [5.74, 6) is -0.532. The van der Waals surface area contributed by atoms with Gasteiger partial charge in [0.15, 0.2) is 0 Å². The molecule has 0 spiro atoms. The Balaban J connectivity index is 1.74. The number of hydrogen-bond acceptors (Lipinski definition) is 7. The summed E-state index contributed by atoms with van der Waals surface area (Å²) in [5, 5.41) is 15.0. The summed E-state index contributed by atoms with van der Waals surface area (Å²) in [6.45, 7) is 0.437. The SMILES string of the molecule is COC(=O)/C=C/CCNC(=O)c1c(-n2cnnn2)sc2c1CCCC2. The van der Waals surface area contributed by atoms with Crippen molar-refractivity contribution in [2.45, 2.75) is 32.1 Å². The lowest BCUT2D eigenvalue weighted by Gasteiger charge is -2.12. The van der Waals surface area contributed by atoms with E-state index in [1.807, 2.05) is 0 Å². The van der Waals surface area contributed by atoms with Crippen LogP contribution in [0, 0.1) is 0 Å². The molecule has 1 amide bonds. The zero-order valence-corrected chi connectivity index (χ0v) is 14.7. The number of aryl methyl sites for hydroxylation is 1. The summed E-state index contributed by atoms with van der Waals surface area (Å²) < 4.78 is 6.07. The molecule has 3 rings (SSSR count). The first kappa shape index (κ1) is 17.3. The molecule has 0 aliphatic heterocycles. The number of fused-ring (bicyclic) bond motifs is 1. The number of amides is 1. The van der Waals surface area contributed by atoms with E-state index in [1.165, 1.54) is 24.4 Å². The molecular weight excluding hydrogens is 342 g/mol. The fraction of sp³-hybridized carbons (Fsp3) is 0.438.